The highest BCUT2D eigenvalue weighted by atomic mass is 35.5. The van der Waals surface area contributed by atoms with Crippen LogP contribution >= 0.6 is 11.6 Å². The van der Waals surface area contributed by atoms with E-state index in [1.54, 1.807) is 6.07 Å². The van der Waals surface area contributed by atoms with Crippen molar-refractivity contribution in [1.29, 1.82) is 0 Å². The minimum atomic E-state index is -0.834. The van der Waals surface area contributed by atoms with Gasteiger partial charge in [-0.3, -0.25) is 4.79 Å². The van der Waals surface area contributed by atoms with Crippen LogP contribution in [0.3, 0.4) is 0 Å². The lowest BCUT2D eigenvalue weighted by atomic mass is 9.90. The van der Waals surface area contributed by atoms with Gasteiger partial charge in [0.15, 0.2) is 22.6 Å². The Kier molecular flexibility index (Phi) is 5.13. The Morgan fingerprint density at radius 1 is 1.20 bits per heavy atom. The highest BCUT2D eigenvalue weighted by molar-refractivity contribution is 6.29. The fraction of sp³-hybridized carbons (Fsp3) is 0.353. The molecule has 1 aromatic heterocycles. The lowest BCUT2D eigenvalue weighted by Crippen LogP contribution is -2.36. The van der Waals surface area contributed by atoms with Crippen LogP contribution in [0, 0.1) is 17.6 Å². The Balaban J connectivity index is 1.66. The summed E-state index contributed by atoms with van der Waals surface area (Å²) in [5.41, 5.74) is 6.42. The van der Waals surface area contributed by atoms with E-state index in [4.69, 9.17) is 17.3 Å². The number of amides is 1. The maximum Gasteiger partial charge on any atom is 0.252 e. The summed E-state index contributed by atoms with van der Waals surface area (Å²) in [6.45, 7) is 1.34. The second-order valence-electron chi connectivity index (χ2n) is 6.15. The molecule has 0 saturated carbocycles. The van der Waals surface area contributed by atoms with E-state index in [1.807, 2.05) is 4.90 Å². The smallest absolute Gasteiger partial charge is 0.252 e. The molecular formula is C17H17ClF2N4O. The van der Waals surface area contributed by atoms with Crippen LogP contribution in [0.25, 0.3) is 0 Å². The van der Waals surface area contributed by atoms with Crippen molar-refractivity contribution >= 4 is 23.3 Å². The van der Waals surface area contributed by atoms with E-state index in [9.17, 15) is 13.6 Å². The number of primary amides is 1. The van der Waals surface area contributed by atoms with Crippen LogP contribution in [0.4, 0.5) is 14.6 Å². The predicted molar refractivity (Wildman–Crippen MR) is 90.6 cm³/mol. The molecule has 0 radical (unpaired) electrons. The molecule has 1 aliphatic heterocycles. The van der Waals surface area contributed by atoms with Crippen molar-refractivity contribution in [3.05, 3.63) is 52.2 Å². The number of carbonyl (C=O) groups excluding carboxylic acids is 1. The standard InChI is InChI=1S/C17H17ClF2N4O/c18-15-9-12(16(21)25)17(23-22-15)24-5-3-10(4-6-24)7-11-1-2-13(19)14(20)8-11/h1-2,8-10H,3-7H2,(H2,21,25). The number of hydrogen-bond acceptors (Lipinski definition) is 4. The van der Waals surface area contributed by atoms with Crippen LogP contribution in [-0.4, -0.2) is 29.2 Å². The van der Waals surface area contributed by atoms with E-state index in [0.717, 1.165) is 24.5 Å². The first-order valence-corrected chi connectivity index (χ1v) is 8.33. The Morgan fingerprint density at radius 3 is 2.56 bits per heavy atom. The maximum absolute atomic E-state index is 13.3. The SMILES string of the molecule is NC(=O)c1cc(Cl)nnc1N1CCC(Cc2ccc(F)c(F)c2)CC1. The van der Waals surface area contributed by atoms with Crippen molar-refractivity contribution in [2.75, 3.05) is 18.0 Å². The number of rotatable bonds is 4. The maximum atomic E-state index is 13.3. The molecule has 1 amide bonds. The van der Waals surface area contributed by atoms with Gasteiger partial charge in [-0.05, 0) is 48.9 Å². The van der Waals surface area contributed by atoms with Gasteiger partial charge in [-0.25, -0.2) is 8.78 Å². The zero-order chi connectivity index (χ0) is 18.0. The number of piperidine rings is 1. The molecule has 2 N–H and O–H groups in total. The summed E-state index contributed by atoms with van der Waals surface area (Å²) in [7, 11) is 0. The number of anilines is 1. The largest absolute Gasteiger partial charge is 0.365 e. The summed E-state index contributed by atoms with van der Waals surface area (Å²) in [6, 6.07) is 5.43. The summed E-state index contributed by atoms with van der Waals surface area (Å²) < 4.78 is 26.3. The van der Waals surface area contributed by atoms with E-state index in [0.29, 0.717) is 31.2 Å². The van der Waals surface area contributed by atoms with Crippen molar-refractivity contribution in [3.63, 3.8) is 0 Å². The van der Waals surface area contributed by atoms with Crippen LogP contribution in [0.5, 0.6) is 0 Å². The minimum Gasteiger partial charge on any atom is -0.365 e. The second-order valence-corrected chi connectivity index (χ2v) is 6.54. The number of benzene rings is 1. The molecule has 1 aromatic carbocycles. The molecule has 2 heterocycles. The fourth-order valence-electron chi connectivity index (χ4n) is 3.13. The molecule has 1 fully saturated rings. The molecule has 1 aliphatic rings. The van der Waals surface area contributed by atoms with Crippen molar-refractivity contribution < 1.29 is 13.6 Å². The quantitative estimate of drug-likeness (QED) is 0.903. The van der Waals surface area contributed by atoms with Gasteiger partial charge in [-0.2, -0.15) is 0 Å². The monoisotopic (exact) mass is 366 g/mol. The van der Waals surface area contributed by atoms with E-state index in [-0.39, 0.29) is 10.7 Å². The van der Waals surface area contributed by atoms with Crippen LogP contribution < -0.4 is 10.6 Å². The molecule has 0 atom stereocenters. The Hall–Kier alpha value is -2.28. The third-order valence-corrected chi connectivity index (χ3v) is 4.62. The van der Waals surface area contributed by atoms with Crippen LogP contribution in [0.1, 0.15) is 28.8 Å². The van der Waals surface area contributed by atoms with Gasteiger partial charge in [0.05, 0.1) is 5.56 Å². The first kappa shape index (κ1) is 17.5. The number of hydrogen-bond donors (Lipinski definition) is 1. The molecule has 5 nitrogen and oxygen atoms in total. The van der Waals surface area contributed by atoms with Gasteiger partial charge in [0.25, 0.3) is 5.91 Å². The molecule has 25 heavy (non-hydrogen) atoms. The molecule has 132 valence electrons. The molecule has 0 spiro atoms. The van der Waals surface area contributed by atoms with Gasteiger partial charge in [0.2, 0.25) is 0 Å². The Morgan fingerprint density at radius 2 is 1.92 bits per heavy atom. The zero-order valence-electron chi connectivity index (χ0n) is 13.4. The van der Waals surface area contributed by atoms with E-state index in [1.165, 1.54) is 12.1 Å². The first-order chi connectivity index (χ1) is 11.9. The molecule has 2 aromatic rings. The minimum absolute atomic E-state index is 0.116. The lowest BCUT2D eigenvalue weighted by molar-refractivity contribution is 0.1000. The fourth-order valence-corrected chi connectivity index (χ4v) is 3.27. The Labute approximate surface area is 148 Å². The average Bonchev–Trinajstić information content (AvgIpc) is 2.59. The molecular weight excluding hydrogens is 350 g/mol. The number of aromatic nitrogens is 2. The topological polar surface area (TPSA) is 72.1 Å². The van der Waals surface area contributed by atoms with Crippen molar-refractivity contribution in [2.24, 2.45) is 11.7 Å². The van der Waals surface area contributed by atoms with Crippen molar-refractivity contribution in [1.82, 2.24) is 10.2 Å². The summed E-state index contributed by atoms with van der Waals surface area (Å²) >= 11 is 5.78. The second kappa shape index (κ2) is 7.31. The molecule has 0 bridgehead atoms. The number of nitrogens with two attached hydrogens (primary N) is 1. The van der Waals surface area contributed by atoms with Gasteiger partial charge in [-0.15, -0.1) is 10.2 Å². The molecule has 1 saturated heterocycles. The predicted octanol–water partition coefficient (Wildman–Crippen LogP) is 2.97. The highest BCUT2D eigenvalue weighted by Crippen LogP contribution is 2.27. The Bertz CT molecular complexity index is 794. The number of carbonyl (C=O) groups is 1. The molecule has 8 heteroatoms. The van der Waals surface area contributed by atoms with Crippen LogP contribution in [-0.2, 0) is 6.42 Å². The number of halogens is 3. The summed E-state index contributed by atoms with van der Waals surface area (Å²) in [5.74, 6) is -1.48. The zero-order valence-corrected chi connectivity index (χ0v) is 14.1. The highest BCUT2D eigenvalue weighted by Gasteiger charge is 2.24. The molecule has 3 rings (SSSR count). The van der Waals surface area contributed by atoms with Crippen molar-refractivity contribution in [3.8, 4) is 0 Å². The third kappa shape index (κ3) is 4.04. The van der Waals surface area contributed by atoms with Gasteiger partial charge in [-0.1, -0.05) is 17.7 Å². The van der Waals surface area contributed by atoms with E-state index in [2.05, 4.69) is 10.2 Å². The van der Waals surface area contributed by atoms with Crippen LogP contribution in [0.15, 0.2) is 24.3 Å². The third-order valence-electron chi connectivity index (χ3n) is 4.43. The number of nitrogens with zero attached hydrogens (tertiary/aromatic N) is 3. The first-order valence-electron chi connectivity index (χ1n) is 7.96. The van der Waals surface area contributed by atoms with Gasteiger partial charge in [0.1, 0.15) is 0 Å². The normalized spacial score (nSPS) is 15.4. The average molecular weight is 367 g/mol. The lowest BCUT2D eigenvalue weighted by Gasteiger charge is -2.33. The summed E-state index contributed by atoms with van der Waals surface area (Å²) in [4.78, 5) is 13.5. The molecule has 0 aliphatic carbocycles. The molecule has 0 unspecified atom stereocenters. The van der Waals surface area contributed by atoms with Crippen molar-refractivity contribution in [2.45, 2.75) is 19.3 Å². The van der Waals surface area contributed by atoms with Gasteiger partial charge in [0, 0.05) is 13.1 Å². The van der Waals surface area contributed by atoms with Crippen LogP contribution in [0.2, 0.25) is 5.15 Å². The summed E-state index contributed by atoms with van der Waals surface area (Å²) in [5, 5.41) is 7.91. The van der Waals surface area contributed by atoms with Gasteiger partial charge >= 0.3 is 0 Å². The summed E-state index contributed by atoms with van der Waals surface area (Å²) in [6.07, 6.45) is 2.35. The van der Waals surface area contributed by atoms with E-state index >= 15 is 0 Å². The van der Waals surface area contributed by atoms with E-state index < -0.39 is 17.5 Å². The van der Waals surface area contributed by atoms with Gasteiger partial charge < -0.3 is 10.6 Å².